The van der Waals surface area contributed by atoms with Crippen molar-refractivity contribution in [3.63, 3.8) is 0 Å². The molecule has 0 bridgehead atoms. The second kappa shape index (κ2) is 6.84. The van der Waals surface area contributed by atoms with Crippen LogP contribution in [0.3, 0.4) is 0 Å². The Morgan fingerprint density at radius 3 is 2.43 bits per heavy atom. The molecule has 0 aromatic heterocycles. The Hall–Kier alpha value is -1.03. The number of hydrogen-bond acceptors (Lipinski definition) is 4. The van der Waals surface area contributed by atoms with Gasteiger partial charge in [0.1, 0.15) is 11.3 Å². The van der Waals surface area contributed by atoms with Crippen molar-refractivity contribution < 1.29 is 18.7 Å². The van der Waals surface area contributed by atoms with E-state index in [0.717, 1.165) is 0 Å². The van der Waals surface area contributed by atoms with E-state index in [4.69, 9.17) is 20.3 Å². The van der Waals surface area contributed by atoms with Crippen molar-refractivity contribution in [2.75, 3.05) is 6.61 Å². The van der Waals surface area contributed by atoms with Crippen LogP contribution in [-0.4, -0.2) is 49.4 Å². The summed E-state index contributed by atoms with van der Waals surface area (Å²) >= 11 is 0. The fourth-order valence-corrected chi connectivity index (χ4v) is 3.75. The summed E-state index contributed by atoms with van der Waals surface area (Å²) in [6, 6.07) is -0.248. The molecule has 2 atom stereocenters. The van der Waals surface area contributed by atoms with Crippen molar-refractivity contribution in [2.24, 2.45) is 0 Å². The third-order valence-electron chi connectivity index (χ3n) is 3.36. The van der Waals surface area contributed by atoms with Gasteiger partial charge in [0.15, 0.2) is 8.32 Å². The molecule has 1 rings (SSSR count). The lowest BCUT2D eigenvalue weighted by Crippen LogP contribution is -2.55. The first kappa shape index (κ1) is 20.0. The van der Waals surface area contributed by atoms with Crippen LogP contribution in [0.1, 0.15) is 41.0 Å². The predicted octanol–water partition coefficient (Wildman–Crippen LogP) is 3.60. The fourth-order valence-electron chi connectivity index (χ4n) is 2.60. The maximum atomic E-state index is 12.7. The minimum absolute atomic E-state index is 0.248. The van der Waals surface area contributed by atoms with Gasteiger partial charge in [-0.15, -0.1) is 12.3 Å². The molecule has 1 aliphatic rings. The van der Waals surface area contributed by atoms with Crippen LogP contribution < -0.4 is 0 Å². The Bertz CT molecular complexity index is 470. The van der Waals surface area contributed by atoms with Crippen LogP contribution in [0.25, 0.3) is 0 Å². The minimum Gasteiger partial charge on any atom is -0.444 e. The van der Waals surface area contributed by atoms with Crippen LogP contribution in [0.15, 0.2) is 0 Å². The summed E-state index contributed by atoms with van der Waals surface area (Å²) in [6.45, 7) is 16.0. The van der Waals surface area contributed by atoms with Gasteiger partial charge < -0.3 is 13.9 Å². The molecule has 0 spiro atoms. The van der Waals surface area contributed by atoms with Gasteiger partial charge >= 0.3 is 6.09 Å². The Balaban J connectivity index is 3.06. The van der Waals surface area contributed by atoms with Crippen LogP contribution in [0.2, 0.25) is 19.6 Å². The van der Waals surface area contributed by atoms with Crippen molar-refractivity contribution in [3.8, 4) is 12.3 Å². The molecule has 0 aromatic carbocycles. The van der Waals surface area contributed by atoms with Gasteiger partial charge in [-0.1, -0.05) is 0 Å². The Labute approximate surface area is 141 Å². The van der Waals surface area contributed by atoms with Crippen molar-refractivity contribution in [2.45, 2.75) is 84.2 Å². The number of nitrogens with zero attached hydrogens (tertiary/aromatic N) is 1. The van der Waals surface area contributed by atoms with E-state index in [-0.39, 0.29) is 12.1 Å². The smallest absolute Gasteiger partial charge is 0.412 e. The van der Waals surface area contributed by atoms with E-state index in [1.807, 2.05) is 34.6 Å². The highest BCUT2D eigenvalue weighted by Gasteiger charge is 2.49. The number of amides is 1. The van der Waals surface area contributed by atoms with Crippen molar-refractivity contribution >= 4 is 14.4 Å². The minimum atomic E-state index is -1.81. The van der Waals surface area contributed by atoms with Crippen molar-refractivity contribution in [1.29, 1.82) is 0 Å². The van der Waals surface area contributed by atoms with Gasteiger partial charge in [0, 0.05) is 6.42 Å². The highest BCUT2D eigenvalue weighted by atomic mass is 28.4. The lowest BCUT2D eigenvalue weighted by molar-refractivity contribution is -0.0668. The highest BCUT2D eigenvalue weighted by molar-refractivity contribution is 6.69. The van der Waals surface area contributed by atoms with Crippen LogP contribution in [0.5, 0.6) is 0 Å². The van der Waals surface area contributed by atoms with Crippen molar-refractivity contribution in [3.05, 3.63) is 0 Å². The van der Waals surface area contributed by atoms with Gasteiger partial charge in [-0.2, -0.15) is 0 Å². The normalized spacial score (nSPS) is 22.6. The highest BCUT2D eigenvalue weighted by Crippen LogP contribution is 2.33. The fraction of sp³-hybridized carbons (Fsp3) is 0.824. The molecule has 132 valence electrons. The number of carbonyl (C=O) groups excluding carboxylic acids is 1. The Morgan fingerprint density at radius 2 is 2.00 bits per heavy atom. The van der Waals surface area contributed by atoms with Crippen molar-refractivity contribution in [1.82, 2.24) is 4.90 Å². The first-order valence-corrected chi connectivity index (χ1v) is 11.5. The zero-order chi connectivity index (χ0) is 18.1. The molecule has 6 heteroatoms. The SMILES string of the molecule is C#CC[C@@H](O[Si](C)(C)C)[C@H]1COC(C)(C)N1C(=O)OC(C)(C)C. The first-order chi connectivity index (χ1) is 10.3. The monoisotopic (exact) mass is 341 g/mol. The van der Waals surface area contributed by atoms with Crippen LogP contribution in [0, 0.1) is 12.3 Å². The molecule has 1 saturated heterocycles. The lowest BCUT2D eigenvalue weighted by atomic mass is 10.1. The van der Waals surface area contributed by atoms with E-state index in [2.05, 4.69) is 25.6 Å². The Kier molecular flexibility index (Phi) is 5.95. The summed E-state index contributed by atoms with van der Waals surface area (Å²) in [5, 5.41) is 0. The molecule has 0 radical (unpaired) electrons. The number of hydrogen-bond donors (Lipinski definition) is 0. The maximum absolute atomic E-state index is 12.7. The zero-order valence-electron chi connectivity index (χ0n) is 15.7. The molecule has 0 unspecified atom stereocenters. The summed E-state index contributed by atoms with van der Waals surface area (Å²) in [4.78, 5) is 14.3. The molecule has 1 amide bonds. The molecular weight excluding hydrogens is 310 g/mol. The van der Waals surface area contributed by atoms with Gasteiger partial charge in [-0.05, 0) is 54.3 Å². The molecule has 23 heavy (non-hydrogen) atoms. The first-order valence-electron chi connectivity index (χ1n) is 8.04. The van der Waals surface area contributed by atoms with Gasteiger partial charge in [-0.3, -0.25) is 4.90 Å². The van der Waals surface area contributed by atoms with E-state index in [1.54, 1.807) is 4.90 Å². The third-order valence-corrected chi connectivity index (χ3v) is 4.37. The molecule has 5 nitrogen and oxygen atoms in total. The van der Waals surface area contributed by atoms with E-state index >= 15 is 0 Å². The van der Waals surface area contributed by atoms with E-state index in [1.165, 1.54) is 0 Å². The summed E-state index contributed by atoms with van der Waals surface area (Å²) in [5.74, 6) is 2.67. The van der Waals surface area contributed by atoms with E-state index < -0.39 is 25.7 Å². The number of carbonyl (C=O) groups is 1. The van der Waals surface area contributed by atoms with E-state index in [9.17, 15) is 4.79 Å². The molecule has 1 aliphatic heterocycles. The standard InChI is InChI=1S/C17H31NO4Si/c1-10-11-14(22-23(7,8)9)13-12-20-17(5,6)18(13)15(19)21-16(2,3)4/h1,13-14H,11-12H2,2-9H3/t13-,14-/m1/s1. The third kappa shape index (κ3) is 5.83. The van der Waals surface area contributed by atoms with Gasteiger partial charge in [-0.25, -0.2) is 4.79 Å². The second-order valence-corrected chi connectivity index (χ2v) is 12.8. The second-order valence-electron chi connectivity index (χ2n) is 8.35. The Morgan fingerprint density at radius 1 is 1.43 bits per heavy atom. The van der Waals surface area contributed by atoms with Gasteiger partial charge in [0.2, 0.25) is 0 Å². The molecule has 1 fully saturated rings. The predicted molar refractivity (Wildman–Crippen MR) is 93.6 cm³/mol. The van der Waals surface area contributed by atoms with Crippen LogP contribution >= 0.6 is 0 Å². The van der Waals surface area contributed by atoms with Crippen LogP contribution in [0.4, 0.5) is 4.79 Å². The number of ether oxygens (including phenoxy) is 2. The number of rotatable bonds is 4. The molecule has 0 aliphatic carbocycles. The largest absolute Gasteiger partial charge is 0.444 e. The zero-order valence-corrected chi connectivity index (χ0v) is 16.7. The molecule has 0 N–H and O–H groups in total. The van der Waals surface area contributed by atoms with Crippen LogP contribution in [-0.2, 0) is 13.9 Å². The topological polar surface area (TPSA) is 48.0 Å². The summed E-state index contributed by atoms with van der Waals surface area (Å²) < 4.78 is 17.6. The lowest BCUT2D eigenvalue weighted by Gasteiger charge is -2.38. The molecule has 1 heterocycles. The van der Waals surface area contributed by atoms with E-state index in [0.29, 0.717) is 13.0 Å². The molecule has 0 aromatic rings. The summed E-state index contributed by atoms with van der Waals surface area (Å²) in [5.41, 5.74) is -1.32. The average Bonchev–Trinajstić information content (AvgIpc) is 2.60. The molecular formula is C17H31NO4Si. The summed E-state index contributed by atoms with van der Waals surface area (Å²) in [7, 11) is -1.81. The quantitative estimate of drug-likeness (QED) is 0.579. The maximum Gasteiger partial charge on any atom is 0.412 e. The van der Waals surface area contributed by atoms with Gasteiger partial charge in [0.05, 0.1) is 18.8 Å². The number of terminal acetylenes is 1. The summed E-state index contributed by atoms with van der Waals surface area (Å²) in [6.07, 6.45) is 5.31. The molecule has 0 saturated carbocycles. The van der Waals surface area contributed by atoms with Gasteiger partial charge in [0.25, 0.3) is 0 Å². The average molecular weight is 342 g/mol.